The molecule has 1 rings (SSSR count). The minimum Gasteiger partial charge on any atom is -0.546 e. The topological polar surface area (TPSA) is 43.4 Å². The number of hydrogen-bond acceptors (Lipinski definition) is 3. The van der Waals surface area contributed by atoms with E-state index >= 15 is 0 Å². The molecule has 0 aromatic rings. The Hall–Kier alpha value is -0.690. The van der Waals surface area contributed by atoms with Crippen LogP contribution >= 0.6 is 0 Å². The maximum absolute atomic E-state index is 13.6. The van der Waals surface area contributed by atoms with Crippen LogP contribution in [-0.2, 0) is 4.79 Å². The van der Waals surface area contributed by atoms with Gasteiger partial charge in [-0.15, -0.1) is 4.90 Å². The Balaban J connectivity index is 0.00000784. The zero-order valence-corrected chi connectivity index (χ0v) is 14.8. The van der Waals surface area contributed by atoms with Crippen LogP contribution < -0.4 is 34.7 Å². The summed E-state index contributed by atoms with van der Waals surface area (Å²) in [6.07, 6.45) is -7.73. The molecule has 1 unspecified atom stereocenters. The SMILES string of the molecule is O=C([O-])C(F)(C(F)(F)F)C(F)(F)N1C(F)(F)C(F)(F)C(F)(F)C(F)(F)C1(F)F.[Na+]. The molecule has 20 heteroatoms. The minimum atomic E-state index is -8.24. The molecule has 1 atom stereocenters. The van der Waals surface area contributed by atoms with Crippen molar-refractivity contribution in [2.24, 2.45) is 0 Å². The van der Waals surface area contributed by atoms with Crippen molar-refractivity contribution >= 4 is 5.97 Å². The molecule has 166 valence electrons. The Labute approximate surface area is 168 Å². The molecule has 0 radical (unpaired) electrons. The van der Waals surface area contributed by atoms with Gasteiger partial charge in [0.05, 0.1) is 5.97 Å². The summed E-state index contributed by atoms with van der Waals surface area (Å²) in [6.45, 7) is 0. The quantitative estimate of drug-likeness (QED) is 0.325. The van der Waals surface area contributed by atoms with Gasteiger partial charge in [-0.3, -0.25) is 0 Å². The van der Waals surface area contributed by atoms with Gasteiger partial charge < -0.3 is 9.90 Å². The average molecular weight is 481 g/mol. The van der Waals surface area contributed by atoms with Gasteiger partial charge in [0.25, 0.3) is 0 Å². The molecular formula is C9F16NNaO2. The van der Waals surface area contributed by atoms with E-state index in [4.69, 9.17) is 0 Å². The maximum Gasteiger partial charge on any atom is 1.00 e. The van der Waals surface area contributed by atoms with Crippen molar-refractivity contribution in [2.45, 2.75) is 47.8 Å². The number of nitrogens with zero attached hydrogens (tertiary/aromatic N) is 1. The second kappa shape index (κ2) is 6.65. The normalized spacial score (nSPS) is 27.4. The van der Waals surface area contributed by atoms with Crippen LogP contribution in [0, 0.1) is 0 Å². The molecule has 1 aliphatic heterocycles. The van der Waals surface area contributed by atoms with E-state index in [1.807, 2.05) is 0 Å². The van der Waals surface area contributed by atoms with Crippen LogP contribution in [0.1, 0.15) is 0 Å². The van der Waals surface area contributed by atoms with Crippen LogP contribution in [0.5, 0.6) is 0 Å². The fourth-order valence-electron chi connectivity index (χ4n) is 1.95. The van der Waals surface area contributed by atoms with Gasteiger partial charge in [-0.1, -0.05) is 0 Å². The molecule has 1 saturated heterocycles. The summed E-state index contributed by atoms with van der Waals surface area (Å²) in [5.41, 5.74) is -7.76. The Morgan fingerprint density at radius 1 is 0.655 bits per heavy atom. The number of carboxylic acid groups (broad SMARTS) is 1. The molecule has 0 N–H and O–H groups in total. The number of hydrogen-bond donors (Lipinski definition) is 0. The number of carboxylic acids is 1. The maximum atomic E-state index is 13.6. The van der Waals surface area contributed by atoms with E-state index in [0.29, 0.717) is 0 Å². The van der Waals surface area contributed by atoms with Crippen LogP contribution in [0.4, 0.5) is 70.2 Å². The molecule has 0 spiro atoms. The second-order valence-electron chi connectivity index (χ2n) is 5.13. The molecule has 3 nitrogen and oxygen atoms in total. The van der Waals surface area contributed by atoms with Gasteiger partial charge >= 0.3 is 77.3 Å². The van der Waals surface area contributed by atoms with Crippen molar-refractivity contribution in [1.29, 1.82) is 0 Å². The van der Waals surface area contributed by atoms with E-state index in [0.717, 1.165) is 0 Å². The predicted octanol–water partition coefficient (Wildman–Crippen LogP) is 0.0108. The van der Waals surface area contributed by atoms with Crippen molar-refractivity contribution < 1.29 is 110 Å². The third-order valence-electron chi connectivity index (χ3n) is 3.47. The summed E-state index contributed by atoms with van der Waals surface area (Å²) < 4.78 is 209. The Bertz CT molecular complexity index is 644. The van der Waals surface area contributed by atoms with E-state index in [1.165, 1.54) is 0 Å². The summed E-state index contributed by atoms with van der Waals surface area (Å²) >= 11 is 0. The van der Waals surface area contributed by atoms with E-state index in [1.54, 1.807) is 0 Å². The Morgan fingerprint density at radius 2 is 0.931 bits per heavy atom. The number of rotatable bonds is 3. The van der Waals surface area contributed by atoms with Crippen LogP contribution in [0.3, 0.4) is 0 Å². The van der Waals surface area contributed by atoms with E-state index in [2.05, 4.69) is 0 Å². The summed E-state index contributed by atoms with van der Waals surface area (Å²) in [6, 6.07) is -24.3. The summed E-state index contributed by atoms with van der Waals surface area (Å²) in [4.78, 5) is 5.56. The largest absolute Gasteiger partial charge is 1.00 e. The molecule has 1 aliphatic rings. The van der Waals surface area contributed by atoms with Crippen molar-refractivity contribution in [3.8, 4) is 0 Å². The molecule has 0 aliphatic carbocycles. The van der Waals surface area contributed by atoms with Crippen molar-refractivity contribution in [2.75, 3.05) is 0 Å². The average Bonchev–Trinajstić information content (AvgIpc) is 2.41. The number of aliphatic carboxylic acids is 1. The number of likely N-dealkylation sites (tertiary alicyclic amines) is 1. The summed E-state index contributed by atoms with van der Waals surface area (Å²) in [5, 5.41) is 10.1. The first kappa shape index (κ1) is 28.3. The van der Waals surface area contributed by atoms with Gasteiger partial charge in [0, 0.05) is 0 Å². The molecule has 0 amide bonds. The smallest absolute Gasteiger partial charge is 0.546 e. The molecule has 0 bridgehead atoms. The molecule has 1 heterocycles. The van der Waals surface area contributed by atoms with E-state index in [9.17, 15) is 80.1 Å². The minimum absolute atomic E-state index is 0. The monoisotopic (exact) mass is 481 g/mol. The van der Waals surface area contributed by atoms with Gasteiger partial charge in [-0.25, -0.2) is 4.39 Å². The Morgan fingerprint density at radius 3 is 1.14 bits per heavy atom. The number of carbonyl (C=O) groups excluding carboxylic acids is 1. The van der Waals surface area contributed by atoms with Gasteiger partial charge in [0.2, 0.25) is 0 Å². The zero-order valence-electron chi connectivity index (χ0n) is 12.8. The first-order chi connectivity index (χ1) is 11.8. The van der Waals surface area contributed by atoms with Crippen LogP contribution in [0.15, 0.2) is 0 Å². The molecule has 0 aromatic carbocycles. The second-order valence-corrected chi connectivity index (χ2v) is 5.13. The summed E-state index contributed by atoms with van der Waals surface area (Å²) in [7, 11) is 0. The van der Waals surface area contributed by atoms with Gasteiger partial charge in [0.1, 0.15) is 0 Å². The third-order valence-corrected chi connectivity index (χ3v) is 3.47. The fourth-order valence-corrected chi connectivity index (χ4v) is 1.95. The first-order valence-corrected chi connectivity index (χ1v) is 5.85. The Kier molecular flexibility index (Phi) is 6.49. The van der Waals surface area contributed by atoms with E-state index < -0.39 is 58.6 Å². The fraction of sp³-hybridized carbons (Fsp3) is 0.889. The van der Waals surface area contributed by atoms with Crippen LogP contribution in [0.2, 0.25) is 0 Å². The van der Waals surface area contributed by atoms with Crippen molar-refractivity contribution in [3.63, 3.8) is 0 Å². The molecule has 1 fully saturated rings. The molecule has 0 aromatic heterocycles. The number of piperidine rings is 1. The third kappa shape index (κ3) is 2.93. The standard InChI is InChI=1S/C9HF16NO2.Na/c10-2(1(27)28,6(17,18)19)7(20,21)26-8(22,23)4(13,14)3(11,12)5(15,16)9(26,24)25;/h(H,27,28);/q;+1/p-1. The number of carbonyl (C=O) groups is 1. The van der Waals surface area contributed by atoms with Gasteiger partial charge in [0.15, 0.2) is 0 Å². The van der Waals surface area contributed by atoms with Crippen molar-refractivity contribution in [1.82, 2.24) is 4.90 Å². The van der Waals surface area contributed by atoms with E-state index in [-0.39, 0.29) is 29.6 Å². The van der Waals surface area contributed by atoms with Crippen molar-refractivity contribution in [3.05, 3.63) is 0 Å². The summed E-state index contributed by atoms with van der Waals surface area (Å²) in [5.74, 6) is -28.7. The number of halogens is 16. The van der Waals surface area contributed by atoms with Gasteiger partial charge in [-0.2, -0.15) is 65.9 Å². The predicted molar refractivity (Wildman–Crippen MR) is 46.4 cm³/mol. The van der Waals surface area contributed by atoms with Gasteiger partial charge in [-0.05, 0) is 0 Å². The number of alkyl halides is 16. The van der Waals surface area contributed by atoms with Crippen LogP contribution in [0.25, 0.3) is 0 Å². The molecular weight excluding hydrogens is 481 g/mol. The molecule has 29 heavy (non-hydrogen) atoms. The zero-order chi connectivity index (χ0) is 23.2. The van der Waals surface area contributed by atoms with Crippen LogP contribution in [-0.4, -0.2) is 58.6 Å². The molecule has 0 saturated carbocycles. The first-order valence-electron chi connectivity index (χ1n) is 5.85.